The van der Waals surface area contributed by atoms with Crippen LogP contribution in [-0.2, 0) is 9.53 Å². The Bertz CT molecular complexity index is 504. The number of ether oxygens (including phenoxy) is 1. The van der Waals surface area contributed by atoms with E-state index in [4.69, 9.17) is 4.74 Å². The second kappa shape index (κ2) is 8.42. The van der Waals surface area contributed by atoms with Gasteiger partial charge in [0.2, 0.25) is 5.91 Å². The zero-order valence-electron chi connectivity index (χ0n) is 14.6. The van der Waals surface area contributed by atoms with Gasteiger partial charge in [0.05, 0.1) is 31.0 Å². The summed E-state index contributed by atoms with van der Waals surface area (Å²) in [6.45, 7) is 9.33. The quantitative estimate of drug-likeness (QED) is 0.786. The van der Waals surface area contributed by atoms with Crippen molar-refractivity contribution in [3.05, 3.63) is 12.3 Å². The fourth-order valence-electron chi connectivity index (χ4n) is 2.56. The van der Waals surface area contributed by atoms with Gasteiger partial charge in [-0.05, 0) is 27.3 Å². The molecule has 7 heteroatoms. The molecule has 1 aromatic rings. The van der Waals surface area contributed by atoms with E-state index in [1.54, 1.807) is 6.20 Å². The van der Waals surface area contributed by atoms with Crippen molar-refractivity contribution in [3.63, 3.8) is 0 Å². The first-order chi connectivity index (χ1) is 11.0. The third-order valence-electron chi connectivity index (χ3n) is 4.32. The predicted octanol–water partition coefficient (Wildman–Crippen LogP) is 1.10. The number of amides is 1. The minimum Gasteiger partial charge on any atom is -0.374 e. The van der Waals surface area contributed by atoms with Gasteiger partial charge in [0, 0.05) is 25.7 Å². The van der Waals surface area contributed by atoms with Crippen LogP contribution in [0, 0.1) is 0 Å². The van der Waals surface area contributed by atoms with Crippen LogP contribution in [0.4, 0.5) is 5.82 Å². The molecule has 7 nitrogen and oxygen atoms in total. The van der Waals surface area contributed by atoms with Gasteiger partial charge < -0.3 is 20.3 Å². The van der Waals surface area contributed by atoms with E-state index >= 15 is 0 Å². The zero-order valence-corrected chi connectivity index (χ0v) is 14.6. The highest BCUT2D eigenvalue weighted by Gasteiger charge is 2.21. The molecule has 2 heterocycles. The topological polar surface area (TPSA) is 71.4 Å². The van der Waals surface area contributed by atoms with Gasteiger partial charge in [0.15, 0.2) is 0 Å². The molecule has 0 unspecified atom stereocenters. The molecule has 1 aliphatic rings. The van der Waals surface area contributed by atoms with Gasteiger partial charge >= 0.3 is 0 Å². The van der Waals surface area contributed by atoms with Crippen molar-refractivity contribution in [2.45, 2.75) is 45.4 Å². The monoisotopic (exact) mass is 323 g/mol. The summed E-state index contributed by atoms with van der Waals surface area (Å²) in [7, 11) is 2.09. The van der Waals surface area contributed by atoms with Gasteiger partial charge in [-0.15, -0.1) is 0 Å². The minimum atomic E-state index is -0.286. The van der Waals surface area contributed by atoms with Gasteiger partial charge in [0.1, 0.15) is 5.82 Å². The number of nitrogens with zero attached hydrogens (tertiary/aromatic N) is 3. The second-order valence-electron chi connectivity index (χ2n) is 6.29. The Morgan fingerprint density at radius 1 is 1.52 bits per heavy atom. The molecule has 2 N–H and O–H groups in total. The standard InChI is InChI=1S/C16H29N5O2/c1-5-12(2)21-15(6-7-18-21)19-16(22)13(3)17-10-14-11-20(4)8-9-23-14/h6-7,12-14,17H,5,8-11H2,1-4H3,(H,19,22)/t12-,13+,14-/m0/s1. The van der Waals surface area contributed by atoms with Crippen LogP contribution in [0.3, 0.4) is 0 Å². The van der Waals surface area contributed by atoms with E-state index in [-0.39, 0.29) is 24.1 Å². The number of aromatic nitrogens is 2. The molecule has 0 aromatic carbocycles. The lowest BCUT2D eigenvalue weighted by atomic mass is 10.2. The molecule has 0 bridgehead atoms. The Morgan fingerprint density at radius 2 is 2.30 bits per heavy atom. The Kier molecular flexibility index (Phi) is 6.56. The van der Waals surface area contributed by atoms with Gasteiger partial charge in [-0.3, -0.25) is 4.79 Å². The lowest BCUT2D eigenvalue weighted by molar-refractivity contribution is -0.118. The molecular formula is C16H29N5O2. The summed E-state index contributed by atoms with van der Waals surface area (Å²) in [4.78, 5) is 14.6. The van der Waals surface area contributed by atoms with Crippen LogP contribution >= 0.6 is 0 Å². The molecule has 0 spiro atoms. The van der Waals surface area contributed by atoms with E-state index in [0.29, 0.717) is 6.54 Å². The first-order valence-electron chi connectivity index (χ1n) is 8.39. The first-order valence-corrected chi connectivity index (χ1v) is 8.39. The molecule has 0 saturated carbocycles. The Labute approximate surface area is 138 Å². The van der Waals surface area contributed by atoms with Crippen LogP contribution in [0.2, 0.25) is 0 Å². The third kappa shape index (κ3) is 5.02. The van der Waals surface area contributed by atoms with E-state index in [9.17, 15) is 4.79 Å². The fraction of sp³-hybridized carbons (Fsp3) is 0.750. The highest BCUT2D eigenvalue weighted by atomic mass is 16.5. The first kappa shape index (κ1) is 17.9. The van der Waals surface area contributed by atoms with Crippen LogP contribution in [0.5, 0.6) is 0 Å². The minimum absolute atomic E-state index is 0.0563. The normalized spacial score (nSPS) is 21.8. The lowest BCUT2D eigenvalue weighted by Crippen LogP contribution is -2.48. The number of carbonyl (C=O) groups excluding carboxylic acids is 1. The summed E-state index contributed by atoms with van der Waals surface area (Å²) < 4.78 is 7.55. The maximum Gasteiger partial charge on any atom is 0.242 e. The number of likely N-dealkylation sites (N-methyl/N-ethyl adjacent to an activating group) is 1. The highest BCUT2D eigenvalue weighted by Crippen LogP contribution is 2.16. The molecule has 1 aromatic heterocycles. The lowest BCUT2D eigenvalue weighted by Gasteiger charge is -2.30. The molecule has 1 amide bonds. The number of anilines is 1. The smallest absolute Gasteiger partial charge is 0.242 e. The number of hydrogen-bond acceptors (Lipinski definition) is 5. The maximum absolute atomic E-state index is 12.3. The number of hydrogen-bond donors (Lipinski definition) is 2. The Balaban J connectivity index is 1.82. The molecule has 1 aliphatic heterocycles. The number of rotatable bonds is 7. The summed E-state index contributed by atoms with van der Waals surface area (Å²) in [6, 6.07) is 1.80. The van der Waals surface area contributed by atoms with E-state index in [1.165, 1.54) is 0 Å². The van der Waals surface area contributed by atoms with Crippen molar-refractivity contribution < 1.29 is 9.53 Å². The van der Waals surface area contributed by atoms with Crippen LogP contribution in [0.25, 0.3) is 0 Å². The van der Waals surface area contributed by atoms with E-state index in [0.717, 1.165) is 31.9 Å². The summed E-state index contributed by atoms with van der Waals surface area (Å²) >= 11 is 0. The number of carbonyl (C=O) groups is 1. The van der Waals surface area contributed by atoms with E-state index in [1.807, 2.05) is 17.7 Å². The van der Waals surface area contributed by atoms with Gasteiger partial charge in [-0.1, -0.05) is 6.92 Å². The Hall–Kier alpha value is -1.44. The molecule has 130 valence electrons. The third-order valence-corrected chi connectivity index (χ3v) is 4.32. The largest absolute Gasteiger partial charge is 0.374 e. The van der Waals surface area contributed by atoms with Crippen molar-refractivity contribution in [1.29, 1.82) is 0 Å². The summed E-state index contributed by atoms with van der Waals surface area (Å²) in [5.74, 6) is 0.686. The Morgan fingerprint density at radius 3 is 3.00 bits per heavy atom. The van der Waals surface area contributed by atoms with Crippen molar-refractivity contribution in [2.24, 2.45) is 0 Å². The zero-order chi connectivity index (χ0) is 16.8. The summed E-state index contributed by atoms with van der Waals surface area (Å²) in [5, 5.41) is 10.5. The van der Waals surface area contributed by atoms with Gasteiger partial charge in [-0.2, -0.15) is 5.10 Å². The average molecular weight is 323 g/mol. The van der Waals surface area contributed by atoms with Gasteiger partial charge in [0.25, 0.3) is 0 Å². The number of morpholine rings is 1. The fourth-order valence-corrected chi connectivity index (χ4v) is 2.56. The van der Waals surface area contributed by atoms with Crippen LogP contribution in [0.15, 0.2) is 12.3 Å². The molecule has 0 radical (unpaired) electrons. The highest BCUT2D eigenvalue weighted by molar-refractivity contribution is 5.93. The molecule has 3 atom stereocenters. The van der Waals surface area contributed by atoms with Crippen molar-refractivity contribution >= 4 is 11.7 Å². The SMILES string of the molecule is CC[C@H](C)n1nccc1NC(=O)[C@@H](C)NC[C@H]1CN(C)CCO1. The van der Waals surface area contributed by atoms with Gasteiger partial charge in [-0.25, -0.2) is 4.68 Å². The molecule has 0 aliphatic carbocycles. The van der Waals surface area contributed by atoms with Crippen LogP contribution < -0.4 is 10.6 Å². The van der Waals surface area contributed by atoms with E-state index < -0.39 is 0 Å². The van der Waals surface area contributed by atoms with Crippen molar-refractivity contribution in [1.82, 2.24) is 20.0 Å². The molecule has 1 fully saturated rings. The van der Waals surface area contributed by atoms with E-state index in [2.05, 4.69) is 41.5 Å². The average Bonchev–Trinajstić information content (AvgIpc) is 3.00. The summed E-state index contributed by atoms with van der Waals surface area (Å²) in [5.41, 5.74) is 0. The maximum atomic E-state index is 12.3. The van der Waals surface area contributed by atoms with Crippen molar-refractivity contribution in [3.8, 4) is 0 Å². The molecule has 1 saturated heterocycles. The van der Waals surface area contributed by atoms with Crippen LogP contribution in [0.1, 0.15) is 33.2 Å². The predicted molar refractivity (Wildman–Crippen MR) is 90.6 cm³/mol. The second-order valence-corrected chi connectivity index (χ2v) is 6.29. The number of nitrogens with one attached hydrogen (secondary N) is 2. The van der Waals surface area contributed by atoms with Crippen LogP contribution in [-0.4, -0.2) is 66.0 Å². The summed E-state index contributed by atoms with van der Waals surface area (Å²) in [6.07, 6.45) is 2.81. The van der Waals surface area contributed by atoms with Crippen molar-refractivity contribution in [2.75, 3.05) is 38.6 Å². The molecule has 2 rings (SSSR count). The molecule has 23 heavy (non-hydrogen) atoms. The molecular weight excluding hydrogens is 294 g/mol.